The molecule has 1 aromatic carbocycles. The van der Waals surface area contributed by atoms with E-state index in [1.165, 1.54) is 11.3 Å². The maximum Gasteiger partial charge on any atom is 0.260 e. The number of aromatic nitrogens is 2. The molecule has 1 saturated carbocycles. The van der Waals surface area contributed by atoms with Crippen molar-refractivity contribution in [2.75, 3.05) is 23.4 Å². The highest BCUT2D eigenvalue weighted by atomic mass is 32.1. The Hall–Kier alpha value is -2.87. The summed E-state index contributed by atoms with van der Waals surface area (Å²) in [5, 5.41) is 7.11. The van der Waals surface area contributed by atoms with Gasteiger partial charge in [0.15, 0.2) is 0 Å². The van der Waals surface area contributed by atoms with Gasteiger partial charge in [-0.1, -0.05) is 12.1 Å². The van der Waals surface area contributed by atoms with Crippen molar-refractivity contribution in [2.24, 2.45) is 5.73 Å². The van der Waals surface area contributed by atoms with E-state index in [1.807, 2.05) is 31.3 Å². The van der Waals surface area contributed by atoms with Crippen LogP contribution in [0.4, 0.5) is 17.3 Å². The van der Waals surface area contributed by atoms with Gasteiger partial charge in [-0.2, -0.15) is 0 Å². The van der Waals surface area contributed by atoms with E-state index in [4.69, 9.17) is 11.5 Å². The molecule has 6 N–H and O–H groups in total. The third-order valence-electron chi connectivity index (χ3n) is 4.15. The van der Waals surface area contributed by atoms with Gasteiger partial charge in [0, 0.05) is 24.3 Å². The molecule has 3 aromatic rings. The van der Waals surface area contributed by atoms with Gasteiger partial charge in [-0.3, -0.25) is 4.79 Å². The van der Waals surface area contributed by atoms with Gasteiger partial charge in [0.25, 0.3) is 5.91 Å². The van der Waals surface area contributed by atoms with Crippen LogP contribution in [0.15, 0.2) is 24.3 Å². The smallest absolute Gasteiger partial charge is 0.260 e. The molecule has 128 valence electrons. The number of anilines is 3. The summed E-state index contributed by atoms with van der Waals surface area (Å²) in [6.45, 7) is 0. The van der Waals surface area contributed by atoms with Gasteiger partial charge in [-0.25, -0.2) is 9.97 Å². The number of fused-ring (bicyclic) bond motifs is 1. The third-order valence-corrected chi connectivity index (χ3v) is 5.26. The van der Waals surface area contributed by atoms with Crippen molar-refractivity contribution in [3.8, 4) is 11.3 Å². The predicted molar refractivity (Wildman–Crippen MR) is 102 cm³/mol. The molecule has 4 rings (SSSR count). The fraction of sp³-hybridized carbons (Fsp3) is 0.235. The molecule has 8 heteroatoms. The summed E-state index contributed by atoms with van der Waals surface area (Å²) in [7, 11) is 1.86. The van der Waals surface area contributed by atoms with Crippen LogP contribution >= 0.6 is 11.3 Å². The molecule has 0 atom stereocenters. The standard InChI is InChI=1S/C17H18N6OS/c1-20-10-4-2-3-8(7-10)13-11-12(18)14(15(19)24)25-16(11)23-17(22-13)21-9-5-6-9/h2-4,7,9,20H,5-6,18H2,1H3,(H2,19,24)(H,21,22,23). The van der Waals surface area contributed by atoms with Crippen LogP contribution in [-0.4, -0.2) is 29.0 Å². The van der Waals surface area contributed by atoms with Crippen LogP contribution in [0.1, 0.15) is 22.5 Å². The van der Waals surface area contributed by atoms with Crippen molar-refractivity contribution >= 4 is 44.8 Å². The maximum absolute atomic E-state index is 11.7. The van der Waals surface area contributed by atoms with E-state index in [2.05, 4.69) is 20.6 Å². The number of carbonyl (C=O) groups is 1. The molecule has 0 radical (unpaired) electrons. The van der Waals surface area contributed by atoms with Crippen molar-refractivity contribution in [1.82, 2.24) is 9.97 Å². The van der Waals surface area contributed by atoms with Crippen molar-refractivity contribution in [3.63, 3.8) is 0 Å². The monoisotopic (exact) mass is 354 g/mol. The topological polar surface area (TPSA) is 119 Å². The first-order chi connectivity index (χ1) is 12.1. The fourth-order valence-electron chi connectivity index (χ4n) is 2.71. The van der Waals surface area contributed by atoms with Crippen LogP contribution in [0.3, 0.4) is 0 Å². The highest BCUT2D eigenvalue weighted by molar-refractivity contribution is 7.21. The van der Waals surface area contributed by atoms with Crippen molar-refractivity contribution in [2.45, 2.75) is 18.9 Å². The Kier molecular flexibility index (Phi) is 3.69. The summed E-state index contributed by atoms with van der Waals surface area (Å²) in [5.41, 5.74) is 14.6. The van der Waals surface area contributed by atoms with Crippen LogP contribution in [0.25, 0.3) is 21.5 Å². The Balaban J connectivity index is 1.96. The molecule has 0 unspecified atom stereocenters. The van der Waals surface area contributed by atoms with E-state index in [9.17, 15) is 4.79 Å². The molecule has 1 fully saturated rings. The average Bonchev–Trinajstić information content (AvgIpc) is 3.36. The number of nitrogens with two attached hydrogens (primary N) is 2. The Bertz CT molecular complexity index is 979. The molecule has 2 aromatic heterocycles. The van der Waals surface area contributed by atoms with Crippen LogP contribution in [0, 0.1) is 0 Å². The Morgan fingerprint density at radius 3 is 2.80 bits per heavy atom. The second-order valence-corrected chi connectivity index (χ2v) is 7.03. The second kappa shape index (κ2) is 5.89. The largest absolute Gasteiger partial charge is 0.397 e. The fourth-order valence-corrected chi connectivity index (χ4v) is 3.66. The van der Waals surface area contributed by atoms with Gasteiger partial charge in [0.05, 0.1) is 16.8 Å². The van der Waals surface area contributed by atoms with Gasteiger partial charge in [0.1, 0.15) is 9.71 Å². The number of nitrogens with one attached hydrogen (secondary N) is 2. The van der Waals surface area contributed by atoms with Crippen LogP contribution in [0.2, 0.25) is 0 Å². The molecule has 0 aliphatic heterocycles. The number of rotatable bonds is 5. The zero-order valence-electron chi connectivity index (χ0n) is 13.7. The lowest BCUT2D eigenvalue weighted by Crippen LogP contribution is -2.10. The van der Waals surface area contributed by atoms with Crippen molar-refractivity contribution in [1.29, 1.82) is 0 Å². The van der Waals surface area contributed by atoms with Crippen LogP contribution in [-0.2, 0) is 0 Å². The number of nitrogen functional groups attached to an aromatic ring is 1. The molecule has 1 aliphatic carbocycles. The summed E-state index contributed by atoms with van der Waals surface area (Å²) in [4.78, 5) is 21.9. The lowest BCUT2D eigenvalue weighted by atomic mass is 10.1. The van der Waals surface area contributed by atoms with E-state index >= 15 is 0 Å². The summed E-state index contributed by atoms with van der Waals surface area (Å²) < 4.78 is 0. The van der Waals surface area contributed by atoms with Gasteiger partial charge < -0.3 is 22.1 Å². The zero-order valence-corrected chi connectivity index (χ0v) is 14.5. The molecule has 25 heavy (non-hydrogen) atoms. The van der Waals surface area contributed by atoms with E-state index in [0.717, 1.165) is 24.1 Å². The van der Waals surface area contributed by atoms with Crippen LogP contribution < -0.4 is 22.1 Å². The third kappa shape index (κ3) is 2.85. The highest BCUT2D eigenvalue weighted by Gasteiger charge is 2.25. The number of primary amides is 1. The van der Waals surface area contributed by atoms with Crippen LogP contribution in [0.5, 0.6) is 0 Å². The summed E-state index contributed by atoms with van der Waals surface area (Å²) in [5.74, 6) is 0.00394. The number of amides is 1. The molecule has 7 nitrogen and oxygen atoms in total. The van der Waals surface area contributed by atoms with Gasteiger partial charge >= 0.3 is 0 Å². The first-order valence-electron chi connectivity index (χ1n) is 8.01. The first-order valence-corrected chi connectivity index (χ1v) is 8.83. The summed E-state index contributed by atoms with van der Waals surface area (Å²) in [6, 6.07) is 8.29. The maximum atomic E-state index is 11.7. The number of hydrogen-bond acceptors (Lipinski definition) is 7. The van der Waals surface area contributed by atoms with Gasteiger partial charge in [-0.15, -0.1) is 11.3 Å². The van der Waals surface area contributed by atoms with E-state index in [-0.39, 0.29) is 0 Å². The molecule has 1 aliphatic rings. The summed E-state index contributed by atoms with van der Waals surface area (Å²) in [6.07, 6.45) is 2.23. The molecule has 2 heterocycles. The van der Waals surface area contributed by atoms with Gasteiger partial charge in [-0.05, 0) is 25.0 Å². The predicted octanol–water partition coefficient (Wildman–Crippen LogP) is 2.66. The first kappa shape index (κ1) is 15.6. The van der Waals surface area contributed by atoms with E-state index in [0.29, 0.717) is 38.5 Å². The van der Waals surface area contributed by atoms with E-state index < -0.39 is 5.91 Å². The summed E-state index contributed by atoms with van der Waals surface area (Å²) >= 11 is 1.21. The Morgan fingerprint density at radius 2 is 2.12 bits per heavy atom. The van der Waals surface area contributed by atoms with Crippen molar-refractivity contribution in [3.05, 3.63) is 29.1 Å². The Morgan fingerprint density at radius 1 is 1.32 bits per heavy atom. The molecule has 0 saturated heterocycles. The molecule has 1 amide bonds. The average molecular weight is 354 g/mol. The number of thiophene rings is 1. The van der Waals surface area contributed by atoms with Gasteiger partial charge in [0.2, 0.25) is 5.95 Å². The molecular weight excluding hydrogens is 336 g/mol. The van der Waals surface area contributed by atoms with E-state index in [1.54, 1.807) is 0 Å². The number of hydrogen-bond donors (Lipinski definition) is 4. The Labute approximate surface area is 148 Å². The number of nitrogens with zero attached hydrogens (tertiary/aromatic N) is 2. The lowest BCUT2D eigenvalue weighted by Gasteiger charge is -2.09. The number of carbonyl (C=O) groups excluding carboxylic acids is 1. The highest BCUT2D eigenvalue weighted by Crippen LogP contribution is 2.39. The molecule has 0 spiro atoms. The molecular formula is C17H18N6OS. The molecule has 0 bridgehead atoms. The minimum Gasteiger partial charge on any atom is -0.397 e. The normalized spacial score (nSPS) is 13.8. The lowest BCUT2D eigenvalue weighted by molar-refractivity contribution is 0.100. The quantitative estimate of drug-likeness (QED) is 0.559. The zero-order chi connectivity index (χ0) is 17.6. The van der Waals surface area contributed by atoms with Crippen molar-refractivity contribution < 1.29 is 4.79 Å². The SMILES string of the molecule is CNc1cccc(-c2nc(NC3CC3)nc3sc(C(N)=O)c(N)c23)c1. The second-order valence-electron chi connectivity index (χ2n) is 6.03. The minimum absolute atomic E-state index is 0.318. The minimum atomic E-state index is -0.549. The number of benzene rings is 1.